The van der Waals surface area contributed by atoms with Crippen LogP contribution in [0, 0.1) is 11.6 Å². The molecule has 1 unspecified atom stereocenters. The first-order chi connectivity index (χ1) is 11.5. The van der Waals surface area contributed by atoms with Gasteiger partial charge in [-0.25, -0.2) is 8.78 Å². The highest BCUT2D eigenvalue weighted by molar-refractivity contribution is 5.84. The Bertz CT molecular complexity index is 719. The molecule has 2 aromatic rings. The number of nitrogens with zero attached hydrogens (tertiary/aromatic N) is 3. The number of piperidine rings is 1. The van der Waals surface area contributed by atoms with Crippen LogP contribution in [0.2, 0.25) is 0 Å². The van der Waals surface area contributed by atoms with Gasteiger partial charge in [0.15, 0.2) is 17.2 Å². The van der Waals surface area contributed by atoms with Gasteiger partial charge >= 0.3 is 0 Å². The molecule has 1 aromatic heterocycles. The van der Waals surface area contributed by atoms with Gasteiger partial charge in [-0.3, -0.25) is 14.4 Å². The van der Waals surface area contributed by atoms with Crippen molar-refractivity contribution in [2.75, 3.05) is 20.1 Å². The van der Waals surface area contributed by atoms with Crippen molar-refractivity contribution >= 4 is 5.91 Å². The third-order valence-corrected chi connectivity index (χ3v) is 4.53. The number of amides is 1. The van der Waals surface area contributed by atoms with Gasteiger partial charge in [0, 0.05) is 32.5 Å². The van der Waals surface area contributed by atoms with Gasteiger partial charge in [-0.2, -0.15) is 5.10 Å². The Balaban J connectivity index is 1.83. The molecule has 1 amide bonds. The standard InChI is InChI=1S/C17H20F2N4O/c1-20-16(24)17(23-9-3-7-21-23)6-2-8-22(12-17)11-13-4-5-14(18)15(19)10-13/h3-5,7,9-10H,2,6,8,11-12H2,1H3,(H,20,24). The summed E-state index contributed by atoms with van der Waals surface area (Å²) in [5.74, 6) is -1.80. The van der Waals surface area contributed by atoms with Gasteiger partial charge in [0.25, 0.3) is 0 Å². The maximum Gasteiger partial charge on any atom is 0.249 e. The van der Waals surface area contributed by atoms with E-state index < -0.39 is 17.2 Å². The summed E-state index contributed by atoms with van der Waals surface area (Å²) >= 11 is 0. The second-order valence-electron chi connectivity index (χ2n) is 6.12. The van der Waals surface area contributed by atoms with Crippen molar-refractivity contribution in [2.45, 2.75) is 24.9 Å². The molecule has 24 heavy (non-hydrogen) atoms. The van der Waals surface area contributed by atoms with Crippen LogP contribution in [0.15, 0.2) is 36.7 Å². The number of hydrogen-bond donors (Lipinski definition) is 1. The molecule has 0 aliphatic carbocycles. The lowest BCUT2D eigenvalue weighted by atomic mass is 9.87. The summed E-state index contributed by atoms with van der Waals surface area (Å²) in [6.07, 6.45) is 4.94. The number of rotatable bonds is 4. The van der Waals surface area contributed by atoms with Crippen LogP contribution >= 0.6 is 0 Å². The maximum absolute atomic E-state index is 13.4. The number of hydrogen-bond acceptors (Lipinski definition) is 3. The second kappa shape index (κ2) is 6.68. The highest BCUT2D eigenvalue weighted by Gasteiger charge is 2.44. The predicted molar refractivity (Wildman–Crippen MR) is 85.1 cm³/mol. The zero-order chi connectivity index (χ0) is 17.2. The van der Waals surface area contributed by atoms with E-state index in [9.17, 15) is 13.6 Å². The van der Waals surface area contributed by atoms with E-state index in [-0.39, 0.29) is 5.91 Å². The summed E-state index contributed by atoms with van der Waals surface area (Å²) in [6, 6.07) is 5.70. The summed E-state index contributed by atoms with van der Waals surface area (Å²) in [6.45, 7) is 1.71. The summed E-state index contributed by atoms with van der Waals surface area (Å²) < 4.78 is 28.2. The molecule has 7 heteroatoms. The first-order valence-corrected chi connectivity index (χ1v) is 7.94. The van der Waals surface area contributed by atoms with E-state index in [1.165, 1.54) is 6.07 Å². The van der Waals surface area contributed by atoms with Crippen molar-refractivity contribution < 1.29 is 13.6 Å². The molecule has 1 N–H and O–H groups in total. The minimum atomic E-state index is -0.853. The van der Waals surface area contributed by atoms with Gasteiger partial charge in [-0.1, -0.05) is 6.07 Å². The normalized spacial score (nSPS) is 21.6. The summed E-state index contributed by atoms with van der Waals surface area (Å²) in [5, 5.41) is 7.00. The number of halogens is 2. The van der Waals surface area contributed by atoms with Crippen molar-refractivity contribution in [1.82, 2.24) is 20.0 Å². The number of aromatic nitrogens is 2. The van der Waals surface area contributed by atoms with Crippen LogP contribution < -0.4 is 5.32 Å². The first-order valence-electron chi connectivity index (χ1n) is 7.94. The number of likely N-dealkylation sites (tertiary alicyclic amines) is 1. The average Bonchev–Trinajstić information content (AvgIpc) is 3.12. The zero-order valence-electron chi connectivity index (χ0n) is 13.5. The lowest BCUT2D eigenvalue weighted by Crippen LogP contribution is -2.57. The second-order valence-corrected chi connectivity index (χ2v) is 6.12. The van der Waals surface area contributed by atoms with E-state index in [1.54, 1.807) is 36.3 Å². The van der Waals surface area contributed by atoms with Crippen LogP contribution in [0.4, 0.5) is 8.78 Å². The van der Waals surface area contributed by atoms with Gasteiger partial charge in [-0.15, -0.1) is 0 Å². The fraction of sp³-hybridized carbons (Fsp3) is 0.412. The van der Waals surface area contributed by atoms with Crippen LogP contribution in [0.3, 0.4) is 0 Å². The summed E-state index contributed by atoms with van der Waals surface area (Å²) in [5.41, 5.74) is -0.100. The molecular formula is C17H20F2N4O. The molecule has 128 valence electrons. The number of carbonyl (C=O) groups is 1. The summed E-state index contributed by atoms with van der Waals surface area (Å²) in [4.78, 5) is 14.7. The molecule has 5 nitrogen and oxygen atoms in total. The third kappa shape index (κ3) is 3.03. The van der Waals surface area contributed by atoms with E-state index in [0.717, 1.165) is 19.0 Å². The SMILES string of the molecule is CNC(=O)C1(n2cccn2)CCCN(Cc2ccc(F)c(F)c2)C1. The highest BCUT2D eigenvalue weighted by atomic mass is 19.2. The smallest absolute Gasteiger partial charge is 0.249 e. The molecule has 1 aliphatic heterocycles. The van der Waals surface area contributed by atoms with E-state index in [0.29, 0.717) is 25.1 Å². The molecule has 1 atom stereocenters. The molecule has 2 heterocycles. The van der Waals surface area contributed by atoms with Gasteiger partial charge in [0.05, 0.1) is 0 Å². The minimum absolute atomic E-state index is 0.0961. The van der Waals surface area contributed by atoms with Crippen molar-refractivity contribution in [1.29, 1.82) is 0 Å². The summed E-state index contributed by atoms with van der Waals surface area (Å²) in [7, 11) is 1.61. The van der Waals surface area contributed by atoms with E-state index in [4.69, 9.17) is 0 Å². The highest BCUT2D eigenvalue weighted by Crippen LogP contribution is 2.29. The molecule has 0 saturated carbocycles. The van der Waals surface area contributed by atoms with Gasteiger partial charge < -0.3 is 5.32 Å². The van der Waals surface area contributed by atoms with E-state index in [1.807, 2.05) is 0 Å². The molecule has 1 aromatic carbocycles. The molecule has 3 rings (SSSR count). The van der Waals surface area contributed by atoms with Crippen LogP contribution in [0.5, 0.6) is 0 Å². The van der Waals surface area contributed by atoms with Crippen LogP contribution in [-0.4, -0.2) is 40.7 Å². The molecule has 0 radical (unpaired) electrons. The first kappa shape index (κ1) is 16.6. The van der Waals surface area contributed by atoms with Crippen molar-refractivity contribution in [3.05, 3.63) is 53.9 Å². The largest absolute Gasteiger partial charge is 0.357 e. The lowest BCUT2D eigenvalue weighted by molar-refractivity contribution is -0.133. The average molecular weight is 334 g/mol. The van der Waals surface area contributed by atoms with Gasteiger partial charge in [0.1, 0.15) is 0 Å². The Hall–Kier alpha value is -2.28. The number of nitrogens with one attached hydrogen (secondary N) is 1. The van der Waals surface area contributed by atoms with Crippen LogP contribution in [0.25, 0.3) is 0 Å². The molecule has 0 spiro atoms. The van der Waals surface area contributed by atoms with Gasteiger partial charge in [0.2, 0.25) is 5.91 Å². The number of carbonyl (C=O) groups excluding carboxylic acids is 1. The third-order valence-electron chi connectivity index (χ3n) is 4.53. The van der Waals surface area contributed by atoms with Crippen molar-refractivity contribution in [3.63, 3.8) is 0 Å². The van der Waals surface area contributed by atoms with Crippen molar-refractivity contribution in [2.24, 2.45) is 0 Å². The van der Waals surface area contributed by atoms with Crippen molar-refractivity contribution in [3.8, 4) is 0 Å². The Labute approximate surface area is 139 Å². The van der Waals surface area contributed by atoms with Gasteiger partial charge in [-0.05, 0) is 43.1 Å². The zero-order valence-corrected chi connectivity index (χ0v) is 13.5. The van der Waals surface area contributed by atoms with E-state index in [2.05, 4.69) is 15.3 Å². The lowest BCUT2D eigenvalue weighted by Gasteiger charge is -2.41. The fourth-order valence-corrected chi connectivity index (χ4v) is 3.39. The van der Waals surface area contributed by atoms with Crippen LogP contribution in [-0.2, 0) is 16.9 Å². The van der Waals surface area contributed by atoms with E-state index >= 15 is 0 Å². The fourth-order valence-electron chi connectivity index (χ4n) is 3.39. The Kier molecular flexibility index (Phi) is 4.62. The molecule has 1 aliphatic rings. The Morgan fingerprint density at radius 1 is 1.38 bits per heavy atom. The monoisotopic (exact) mass is 334 g/mol. The predicted octanol–water partition coefficient (Wildman–Crippen LogP) is 1.90. The van der Waals surface area contributed by atoms with Crippen LogP contribution in [0.1, 0.15) is 18.4 Å². The molecule has 1 fully saturated rings. The number of benzene rings is 1. The Morgan fingerprint density at radius 3 is 2.88 bits per heavy atom. The maximum atomic E-state index is 13.4. The molecule has 1 saturated heterocycles. The molecule has 0 bridgehead atoms. The quantitative estimate of drug-likeness (QED) is 0.929. The topological polar surface area (TPSA) is 50.2 Å². The minimum Gasteiger partial charge on any atom is -0.357 e. The Morgan fingerprint density at radius 2 is 2.21 bits per heavy atom. The molecular weight excluding hydrogens is 314 g/mol. The number of likely N-dealkylation sites (N-methyl/N-ethyl adjacent to an activating group) is 1.